The number of rotatable bonds is 34. The Morgan fingerprint density at radius 2 is 0.683 bits per heavy atom. The fraction of sp³-hybridized carbons (Fsp3) is 0.974. The monoisotopic (exact) mass is 581 g/mol. The third-order valence-corrected chi connectivity index (χ3v) is 9.52. The third kappa shape index (κ3) is 24.6. The van der Waals surface area contributed by atoms with E-state index in [2.05, 4.69) is 20.8 Å². The highest BCUT2D eigenvalue weighted by Crippen LogP contribution is 2.34. The number of carbonyl (C=O) groups is 1. The van der Waals surface area contributed by atoms with Gasteiger partial charge in [-0.05, 0) is 31.6 Å². The molecule has 0 aliphatic heterocycles. The molecular formula is C38H76O3. The van der Waals surface area contributed by atoms with E-state index in [-0.39, 0.29) is 5.92 Å². The van der Waals surface area contributed by atoms with Crippen LogP contribution in [0.15, 0.2) is 0 Å². The fourth-order valence-corrected chi connectivity index (χ4v) is 6.57. The van der Waals surface area contributed by atoms with Crippen LogP contribution in [-0.4, -0.2) is 21.8 Å². The largest absolute Gasteiger partial charge is 0.479 e. The normalized spacial score (nSPS) is 13.9. The third-order valence-electron chi connectivity index (χ3n) is 9.52. The molecule has 0 radical (unpaired) electrons. The van der Waals surface area contributed by atoms with E-state index in [0.29, 0.717) is 6.42 Å². The van der Waals surface area contributed by atoms with Crippen LogP contribution in [0.5, 0.6) is 0 Å². The molecule has 0 aliphatic rings. The van der Waals surface area contributed by atoms with Crippen LogP contribution in [0.4, 0.5) is 0 Å². The first-order valence-electron chi connectivity index (χ1n) is 19.0. The number of unbranched alkanes of at least 4 members (excludes halogenated alkanes) is 26. The summed E-state index contributed by atoms with van der Waals surface area (Å²) in [5.74, 6) is -1.07. The van der Waals surface area contributed by atoms with Gasteiger partial charge >= 0.3 is 5.97 Å². The van der Waals surface area contributed by atoms with Gasteiger partial charge in [-0.1, -0.05) is 201 Å². The minimum absolute atomic E-state index is 0.0996. The summed E-state index contributed by atoms with van der Waals surface area (Å²) in [6.45, 7) is 6.78. The second-order valence-electron chi connectivity index (χ2n) is 13.4. The molecule has 41 heavy (non-hydrogen) atoms. The van der Waals surface area contributed by atoms with Crippen molar-refractivity contribution in [2.45, 2.75) is 232 Å². The summed E-state index contributed by atoms with van der Waals surface area (Å²) >= 11 is 0. The molecule has 0 heterocycles. The molecule has 2 N–H and O–H groups in total. The van der Waals surface area contributed by atoms with Crippen molar-refractivity contribution in [3.63, 3.8) is 0 Å². The SMILES string of the molecule is CCCCCCCCCCCCCCCC(CCCCCCCC)C(O)(CCCCCCCCCCCC)C(=O)O. The van der Waals surface area contributed by atoms with E-state index in [0.717, 1.165) is 38.5 Å². The van der Waals surface area contributed by atoms with Gasteiger partial charge in [-0.25, -0.2) is 4.79 Å². The molecule has 2 unspecified atom stereocenters. The van der Waals surface area contributed by atoms with Crippen molar-refractivity contribution in [1.82, 2.24) is 0 Å². The summed E-state index contributed by atoms with van der Waals surface area (Å²) in [5, 5.41) is 21.7. The van der Waals surface area contributed by atoms with Crippen molar-refractivity contribution >= 4 is 5.97 Å². The molecule has 0 aromatic rings. The first-order chi connectivity index (χ1) is 20.0. The molecule has 0 spiro atoms. The minimum atomic E-state index is -1.54. The predicted octanol–water partition coefficient (Wildman–Crippen LogP) is 13.0. The van der Waals surface area contributed by atoms with Crippen LogP contribution in [0.25, 0.3) is 0 Å². The highest BCUT2D eigenvalue weighted by molar-refractivity contribution is 5.77. The van der Waals surface area contributed by atoms with E-state index in [4.69, 9.17) is 0 Å². The second kappa shape index (κ2) is 30.9. The van der Waals surface area contributed by atoms with Gasteiger partial charge in [-0.15, -0.1) is 0 Å². The molecule has 0 saturated heterocycles. The van der Waals surface area contributed by atoms with Crippen molar-refractivity contribution in [2.75, 3.05) is 0 Å². The highest BCUT2D eigenvalue weighted by atomic mass is 16.4. The lowest BCUT2D eigenvalue weighted by Crippen LogP contribution is -2.46. The number of hydrogen-bond donors (Lipinski definition) is 2. The van der Waals surface area contributed by atoms with Crippen molar-refractivity contribution in [1.29, 1.82) is 0 Å². The molecule has 0 aromatic heterocycles. The minimum Gasteiger partial charge on any atom is -0.479 e. The summed E-state index contributed by atoms with van der Waals surface area (Å²) in [5.41, 5.74) is -1.54. The predicted molar refractivity (Wildman–Crippen MR) is 181 cm³/mol. The van der Waals surface area contributed by atoms with Crippen LogP contribution in [-0.2, 0) is 4.79 Å². The van der Waals surface area contributed by atoms with E-state index in [1.165, 1.54) is 161 Å². The highest BCUT2D eigenvalue weighted by Gasteiger charge is 2.42. The van der Waals surface area contributed by atoms with Gasteiger partial charge in [0, 0.05) is 0 Å². The van der Waals surface area contributed by atoms with Crippen LogP contribution < -0.4 is 0 Å². The molecule has 0 saturated carbocycles. The molecule has 0 rings (SSSR count). The lowest BCUT2D eigenvalue weighted by Gasteiger charge is -2.33. The number of hydrogen-bond acceptors (Lipinski definition) is 2. The molecule has 3 nitrogen and oxygen atoms in total. The molecule has 0 bridgehead atoms. The van der Waals surface area contributed by atoms with E-state index in [1.807, 2.05) is 0 Å². The Balaban J connectivity index is 4.42. The Morgan fingerprint density at radius 3 is 0.951 bits per heavy atom. The topological polar surface area (TPSA) is 57.5 Å². The molecule has 246 valence electrons. The van der Waals surface area contributed by atoms with Gasteiger partial charge in [0.15, 0.2) is 5.60 Å². The van der Waals surface area contributed by atoms with E-state index in [1.54, 1.807) is 0 Å². The zero-order valence-electron chi connectivity index (χ0n) is 28.5. The smallest absolute Gasteiger partial charge is 0.335 e. The van der Waals surface area contributed by atoms with Gasteiger partial charge in [0.2, 0.25) is 0 Å². The maximum Gasteiger partial charge on any atom is 0.335 e. The van der Waals surface area contributed by atoms with Crippen LogP contribution in [0, 0.1) is 5.92 Å². The summed E-state index contributed by atoms with van der Waals surface area (Å²) in [4.78, 5) is 12.4. The Labute approximate surface area is 258 Å². The zero-order valence-corrected chi connectivity index (χ0v) is 28.5. The number of aliphatic hydroxyl groups is 1. The van der Waals surface area contributed by atoms with Crippen LogP contribution in [0.3, 0.4) is 0 Å². The number of carboxylic acid groups (broad SMARTS) is 1. The first-order valence-corrected chi connectivity index (χ1v) is 19.0. The molecule has 3 heteroatoms. The quantitative estimate of drug-likeness (QED) is 0.0744. The van der Waals surface area contributed by atoms with Crippen molar-refractivity contribution in [2.24, 2.45) is 5.92 Å². The zero-order chi connectivity index (χ0) is 30.3. The molecule has 0 aliphatic carbocycles. The second-order valence-corrected chi connectivity index (χ2v) is 13.4. The average Bonchev–Trinajstić information content (AvgIpc) is 2.96. The number of carboxylic acids is 1. The number of aliphatic carboxylic acids is 1. The van der Waals surface area contributed by atoms with Gasteiger partial charge in [-0.2, -0.15) is 0 Å². The lowest BCUT2D eigenvalue weighted by atomic mass is 9.77. The van der Waals surface area contributed by atoms with E-state index < -0.39 is 11.6 Å². The van der Waals surface area contributed by atoms with Crippen LogP contribution in [0.1, 0.15) is 226 Å². The Kier molecular flexibility index (Phi) is 30.4. The van der Waals surface area contributed by atoms with Gasteiger partial charge < -0.3 is 10.2 Å². The van der Waals surface area contributed by atoms with E-state index >= 15 is 0 Å². The van der Waals surface area contributed by atoms with Crippen LogP contribution >= 0.6 is 0 Å². The lowest BCUT2D eigenvalue weighted by molar-refractivity contribution is -0.167. The van der Waals surface area contributed by atoms with Gasteiger partial charge in [0.25, 0.3) is 0 Å². The summed E-state index contributed by atoms with van der Waals surface area (Å²) in [7, 11) is 0. The standard InChI is InChI=1S/C38H76O3/c1-4-7-10-13-16-18-20-21-22-23-25-28-31-34-36(33-30-27-15-12-9-6-3)38(41,37(39)40)35-32-29-26-24-19-17-14-11-8-5-2/h36,41H,4-35H2,1-3H3,(H,39,40). The summed E-state index contributed by atoms with van der Waals surface area (Å²) in [6.07, 6.45) is 39.0. The maximum absolute atomic E-state index is 12.4. The fourth-order valence-electron chi connectivity index (χ4n) is 6.57. The maximum atomic E-state index is 12.4. The van der Waals surface area contributed by atoms with Crippen LogP contribution in [0.2, 0.25) is 0 Å². The Hall–Kier alpha value is -0.570. The van der Waals surface area contributed by atoms with Crippen molar-refractivity contribution in [3.05, 3.63) is 0 Å². The van der Waals surface area contributed by atoms with E-state index in [9.17, 15) is 15.0 Å². The Morgan fingerprint density at radius 1 is 0.439 bits per heavy atom. The van der Waals surface area contributed by atoms with Gasteiger partial charge in [-0.3, -0.25) is 0 Å². The van der Waals surface area contributed by atoms with Gasteiger partial charge in [0.1, 0.15) is 0 Å². The molecule has 0 amide bonds. The molecular weight excluding hydrogens is 504 g/mol. The molecule has 0 fully saturated rings. The Bertz CT molecular complexity index is 534. The molecule has 0 aromatic carbocycles. The first kappa shape index (κ1) is 40.4. The van der Waals surface area contributed by atoms with Crippen molar-refractivity contribution in [3.8, 4) is 0 Å². The van der Waals surface area contributed by atoms with Gasteiger partial charge in [0.05, 0.1) is 0 Å². The van der Waals surface area contributed by atoms with Crippen molar-refractivity contribution < 1.29 is 15.0 Å². The summed E-state index contributed by atoms with van der Waals surface area (Å²) < 4.78 is 0. The molecule has 2 atom stereocenters. The summed E-state index contributed by atoms with van der Waals surface area (Å²) in [6, 6.07) is 0. The average molecular weight is 581 g/mol.